The van der Waals surface area contributed by atoms with Crippen molar-refractivity contribution < 1.29 is 42.5 Å². The van der Waals surface area contributed by atoms with Crippen molar-refractivity contribution in [2.75, 3.05) is 40.3 Å². The summed E-state index contributed by atoms with van der Waals surface area (Å²) in [5, 5.41) is 12.6. The van der Waals surface area contributed by atoms with Gasteiger partial charge >= 0.3 is 18.2 Å². The first kappa shape index (κ1) is 57.5. The van der Waals surface area contributed by atoms with E-state index in [9.17, 15) is 28.0 Å². The maximum atomic E-state index is 13.9. The van der Waals surface area contributed by atoms with Crippen LogP contribution in [0.15, 0.2) is 47.5 Å². The predicted octanol–water partition coefficient (Wildman–Crippen LogP) is 12.7. The highest BCUT2D eigenvalue weighted by molar-refractivity contribution is 5.84. The summed E-state index contributed by atoms with van der Waals surface area (Å²) in [6.45, 7) is 23.2. The summed E-state index contributed by atoms with van der Waals surface area (Å²) in [6, 6.07) is 11.0. The van der Waals surface area contributed by atoms with Gasteiger partial charge in [-0.1, -0.05) is 39.8 Å². The molecule has 0 radical (unpaired) electrons. The standard InChI is InChI=1S/C30H43FN2O3.C16H20FN.C14H25NO4/c1-19(2)15-27-26-17-22-16-23(31)11-12-24(22)25(26)13-14-33(27)28(34)21-9-7-20(8-10-21)18-32(6)29(35)36-30(3,4)5;1-10(2)7-16-15-9-11-8-12(17)3-4-13(11)14(15)5-6-18-16;1-14(2,3)19-13(18)15(4)9-10-5-7-11(8-6-10)12(16)17/h11-12,16,19-21,27H,7-10,13-15,17-18H2,1-6H3;3-4,8,10,16,18H,5-7,9H2,1-2H3;10-11H,5-9H2,1-4H3,(H,16,17). The van der Waals surface area contributed by atoms with E-state index in [-0.39, 0.29) is 47.6 Å². The number of hydrogen-bond acceptors (Lipinski definition) is 7. The molecular weight excluding hydrogens is 927 g/mol. The van der Waals surface area contributed by atoms with E-state index in [0.29, 0.717) is 55.6 Å². The molecule has 0 bridgehead atoms. The van der Waals surface area contributed by atoms with E-state index in [1.807, 2.05) is 53.7 Å². The van der Waals surface area contributed by atoms with Gasteiger partial charge in [0.25, 0.3) is 0 Å². The van der Waals surface area contributed by atoms with Crippen LogP contribution in [0, 0.1) is 47.1 Å². The van der Waals surface area contributed by atoms with Crippen LogP contribution in [-0.4, -0.2) is 107 Å². The summed E-state index contributed by atoms with van der Waals surface area (Å²) in [5.74, 6) is 1.08. The van der Waals surface area contributed by atoms with Gasteiger partial charge in [-0.3, -0.25) is 9.59 Å². The average molecular weight is 1020 g/mol. The lowest BCUT2D eigenvalue weighted by Gasteiger charge is -2.41. The Morgan fingerprint density at radius 2 is 1.12 bits per heavy atom. The zero-order valence-electron chi connectivity index (χ0n) is 46.3. The smallest absolute Gasteiger partial charge is 0.410 e. The van der Waals surface area contributed by atoms with E-state index in [1.165, 1.54) is 45.4 Å². The summed E-state index contributed by atoms with van der Waals surface area (Å²) in [5.41, 5.74) is 9.40. The Hall–Kier alpha value is -4.78. The number of halogens is 2. The fourth-order valence-electron chi connectivity index (χ4n) is 12.0. The van der Waals surface area contributed by atoms with Gasteiger partial charge in [-0.2, -0.15) is 0 Å². The van der Waals surface area contributed by atoms with Gasteiger partial charge in [0.15, 0.2) is 0 Å². The Bertz CT molecular complexity index is 2330. The molecule has 2 aromatic rings. The Morgan fingerprint density at radius 3 is 1.58 bits per heavy atom. The number of nitrogens with one attached hydrogen (secondary N) is 1. The molecule has 0 spiro atoms. The van der Waals surface area contributed by atoms with Crippen LogP contribution >= 0.6 is 0 Å². The number of amides is 3. The van der Waals surface area contributed by atoms with E-state index < -0.39 is 17.2 Å². The van der Waals surface area contributed by atoms with Gasteiger partial charge in [0.2, 0.25) is 5.91 Å². The fourth-order valence-corrected chi connectivity index (χ4v) is 12.0. The molecule has 6 aliphatic rings. The zero-order chi connectivity index (χ0) is 53.5. The van der Waals surface area contributed by atoms with Crippen molar-refractivity contribution in [3.05, 3.63) is 81.4 Å². The minimum absolute atomic E-state index is 0.0473. The molecule has 2 N–H and O–H groups in total. The van der Waals surface area contributed by atoms with Gasteiger partial charge in [0.1, 0.15) is 22.8 Å². The summed E-state index contributed by atoms with van der Waals surface area (Å²) in [7, 11) is 3.53. The number of benzene rings is 2. The normalized spacial score (nSPS) is 23.5. The largest absolute Gasteiger partial charge is 0.481 e. The van der Waals surface area contributed by atoms with Gasteiger partial charge in [-0.15, -0.1) is 0 Å². The lowest BCUT2D eigenvalue weighted by atomic mass is 9.80. The van der Waals surface area contributed by atoms with Crippen LogP contribution in [0.1, 0.15) is 169 Å². The van der Waals surface area contributed by atoms with E-state index in [2.05, 4.69) is 37.9 Å². The summed E-state index contributed by atoms with van der Waals surface area (Å²) < 4.78 is 38.0. The van der Waals surface area contributed by atoms with Gasteiger partial charge in [0, 0.05) is 45.7 Å². The number of aliphatic carboxylic acids is 1. The number of carboxylic acid groups (broad SMARTS) is 1. The first-order chi connectivity index (χ1) is 34.3. The molecule has 11 nitrogen and oxygen atoms in total. The van der Waals surface area contributed by atoms with Gasteiger partial charge in [0.05, 0.1) is 12.0 Å². The highest BCUT2D eigenvalue weighted by atomic mass is 19.1. The van der Waals surface area contributed by atoms with Crippen molar-refractivity contribution in [1.82, 2.24) is 20.0 Å². The third kappa shape index (κ3) is 15.9. The molecule has 0 aromatic heterocycles. The fraction of sp³-hybridized carbons (Fsp3) is 0.667. The molecule has 8 rings (SSSR count). The maximum Gasteiger partial charge on any atom is 0.410 e. The third-order valence-corrected chi connectivity index (χ3v) is 15.4. The Labute approximate surface area is 435 Å². The van der Waals surface area contributed by atoms with Gasteiger partial charge in [-0.05, 0) is 230 Å². The minimum Gasteiger partial charge on any atom is -0.481 e. The third-order valence-electron chi connectivity index (χ3n) is 15.4. The highest BCUT2D eigenvalue weighted by Crippen LogP contribution is 2.44. The first-order valence-corrected chi connectivity index (χ1v) is 27.4. The van der Waals surface area contributed by atoms with Crippen LogP contribution in [0.25, 0.3) is 11.1 Å². The molecule has 0 saturated heterocycles. The molecule has 2 aliphatic heterocycles. The van der Waals surface area contributed by atoms with Gasteiger partial charge < -0.3 is 34.6 Å². The molecule has 3 amide bonds. The molecule has 2 atom stereocenters. The van der Waals surface area contributed by atoms with Crippen molar-refractivity contribution >= 4 is 35.2 Å². The zero-order valence-corrected chi connectivity index (χ0v) is 46.3. The molecule has 2 aromatic carbocycles. The Morgan fingerprint density at radius 1 is 0.671 bits per heavy atom. The molecule has 2 fully saturated rings. The average Bonchev–Trinajstić information content (AvgIpc) is 3.86. The molecule has 13 heteroatoms. The highest BCUT2D eigenvalue weighted by Gasteiger charge is 2.40. The van der Waals surface area contributed by atoms with Crippen LogP contribution in [0.5, 0.6) is 0 Å². The molecule has 2 unspecified atom stereocenters. The van der Waals surface area contributed by atoms with Crippen molar-refractivity contribution in [2.24, 2.45) is 35.5 Å². The van der Waals surface area contributed by atoms with E-state index in [0.717, 1.165) is 89.3 Å². The Kier molecular flexibility index (Phi) is 19.5. The molecule has 2 saturated carbocycles. The second kappa shape index (κ2) is 24.7. The van der Waals surface area contributed by atoms with Crippen LogP contribution in [0.3, 0.4) is 0 Å². The van der Waals surface area contributed by atoms with Gasteiger partial charge in [-0.25, -0.2) is 18.4 Å². The van der Waals surface area contributed by atoms with Crippen LogP contribution in [-0.2, 0) is 31.9 Å². The number of hydrogen-bond donors (Lipinski definition) is 2. The molecule has 4 aliphatic carbocycles. The number of ether oxygens (including phenoxy) is 2. The van der Waals surface area contributed by atoms with E-state index in [4.69, 9.17) is 14.6 Å². The van der Waals surface area contributed by atoms with Crippen molar-refractivity contribution in [1.29, 1.82) is 0 Å². The number of carbonyl (C=O) groups excluding carboxylic acids is 3. The number of fused-ring (bicyclic) bond motifs is 4. The minimum atomic E-state index is -0.695. The molecule has 2 heterocycles. The maximum absolute atomic E-state index is 13.9. The summed E-state index contributed by atoms with van der Waals surface area (Å²) in [6.07, 6.45) is 11.9. The Balaban J connectivity index is 0.000000197. The lowest BCUT2D eigenvalue weighted by Crippen LogP contribution is -2.48. The van der Waals surface area contributed by atoms with Crippen LogP contribution in [0.4, 0.5) is 18.4 Å². The quantitative estimate of drug-likeness (QED) is 0.241. The molecule has 73 heavy (non-hydrogen) atoms. The van der Waals surface area contributed by atoms with Crippen LogP contribution < -0.4 is 5.32 Å². The van der Waals surface area contributed by atoms with E-state index in [1.54, 1.807) is 48.2 Å². The number of nitrogens with zero attached hydrogens (tertiary/aromatic N) is 3. The summed E-state index contributed by atoms with van der Waals surface area (Å²) >= 11 is 0. The second-order valence-corrected chi connectivity index (χ2v) is 24.8. The lowest BCUT2D eigenvalue weighted by molar-refractivity contribution is -0.143. The summed E-state index contributed by atoms with van der Waals surface area (Å²) in [4.78, 5) is 54.3. The number of rotatable bonds is 10. The monoisotopic (exact) mass is 1010 g/mol. The van der Waals surface area contributed by atoms with Crippen molar-refractivity contribution in [2.45, 2.75) is 182 Å². The molecule has 404 valence electrons. The number of carboxylic acids is 1. The van der Waals surface area contributed by atoms with Crippen LogP contribution in [0.2, 0.25) is 0 Å². The second-order valence-electron chi connectivity index (χ2n) is 24.8. The predicted molar refractivity (Wildman–Crippen MR) is 286 cm³/mol. The van der Waals surface area contributed by atoms with Crippen molar-refractivity contribution in [3.8, 4) is 0 Å². The SMILES string of the molecule is CC(C)CC1C2=C(CCN1C(=O)C1CCC(CN(C)C(=O)OC(C)(C)C)CC1)c1ccc(F)cc1C2.CC(C)CC1NCCC2=C1Cc1cc(F)ccc12.CN(CC1CCC(C(=O)O)CC1)C(=O)OC(C)(C)C. The van der Waals surface area contributed by atoms with Crippen molar-refractivity contribution in [3.63, 3.8) is 0 Å². The molecular formula is C60H88F2N4O7. The topological polar surface area (TPSA) is 129 Å². The van der Waals surface area contributed by atoms with E-state index >= 15 is 0 Å². The first-order valence-electron chi connectivity index (χ1n) is 27.4. The number of carbonyl (C=O) groups is 4.